The quantitative estimate of drug-likeness (QED) is 0.754. The van der Waals surface area contributed by atoms with Gasteiger partial charge in [-0.2, -0.15) is 11.3 Å². The Morgan fingerprint density at radius 1 is 1.42 bits per heavy atom. The van der Waals surface area contributed by atoms with Crippen LogP contribution >= 0.6 is 11.3 Å². The minimum Gasteiger partial charge on any atom is -0.384 e. The lowest BCUT2D eigenvalue weighted by Crippen LogP contribution is -2.10. The lowest BCUT2D eigenvalue weighted by molar-refractivity contribution is 0.580. The number of hydrogen-bond donors (Lipinski definition) is 1. The van der Waals surface area contributed by atoms with Crippen LogP contribution in [-0.2, 0) is 0 Å². The van der Waals surface area contributed by atoms with E-state index in [1.807, 2.05) is 0 Å². The molecule has 12 heavy (non-hydrogen) atoms. The molecule has 1 nitrogen and oxygen atoms in total. The first-order valence-electron chi connectivity index (χ1n) is 4.71. The Kier molecular flexibility index (Phi) is 2.67. The minimum atomic E-state index is 0.935. The van der Waals surface area contributed by atoms with Gasteiger partial charge in [-0.25, -0.2) is 0 Å². The first-order chi connectivity index (χ1) is 5.95. The molecule has 66 valence electrons. The standard InChI is InChI=1S/C10H15NS/c1-2-4-9(3-1)7-11-10-5-6-12-8-10/h5-6,8-9,11H,1-4,7H2. The van der Waals surface area contributed by atoms with Crippen LogP contribution in [0.25, 0.3) is 0 Å². The second-order valence-electron chi connectivity index (χ2n) is 3.54. The van der Waals surface area contributed by atoms with Crippen molar-refractivity contribution in [1.29, 1.82) is 0 Å². The maximum Gasteiger partial charge on any atom is 0.0448 e. The van der Waals surface area contributed by atoms with Gasteiger partial charge in [-0.15, -0.1) is 0 Å². The van der Waals surface area contributed by atoms with Crippen LogP contribution in [0.3, 0.4) is 0 Å². The molecule has 2 heteroatoms. The van der Waals surface area contributed by atoms with Crippen LogP contribution in [0.4, 0.5) is 5.69 Å². The Balaban J connectivity index is 1.74. The van der Waals surface area contributed by atoms with Gasteiger partial charge in [0.05, 0.1) is 0 Å². The molecule has 2 rings (SSSR count). The van der Waals surface area contributed by atoms with Gasteiger partial charge in [0.15, 0.2) is 0 Å². The van der Waals surface area contributed by atoms with Gasteiger partial charge >= 0.3 is 0 Å². The van der Waals surface area contributed by atoms with Crippen molar-refractivity contribution in [1.82, 2.24) is 0 Å². The largest absolute Gasteiger partial charge is 0.384 e. The summed E-state index contributed by atoms with van der Waals surface area (Å²) in [6, 6.07) is 2.15. The van der Waals surface area contributed by atoms with E-state index in [1.54, 1.807) is 11.3 Å². The molecule has 0 atom stereocenters. The predicted octanol–water partition coefficient (Wildman–Crippen LogP) is 3.35. The third-order valence-electron chi connectivity index (χ3n) is 2.59. The Morgan fingerprint density at radius 2 is 2.25 bits per heavy atom. The Bertz CT molecular complexity index is 212. The molecule has 1 fully saturated rings. The molecular formula is C10H15NS. The number of anilines is 1. The van der Waals surface area contributed by atoms with Crippen molar-refractivity contribution in [2.45, 2.75) is 25.7 Å². The van der Waals surface area contributed by atoms with Crippen molar-refractivity contribution in [3.63, 3.8) is 0 Å². The first kappa shape index (κ1) is 8.11. The van der Waals surface area contributed by atoms with E-state index in [1.165, 1.54) is 37.9 Å². The predicted molar refractivity (Wildman–Crippen MR) is 54.8 cm³/mol. The summed E-state index contributed by atoms with van der Waals surface area (Å²) < 4.78 is 0. The highest BCUT2D eigenvalue weighted by molar-refractivity contribution is 7.08. The third kappa shape index (κ3) is 2.01. The summed E-state index contributed by atoms with van der Waals surface area (Å²) in [7, 11) is 0. The van der Waals surface area contributed by atoms with E-state index in [9.17, 15) is 0 Å². The number of rotatable bonds is 3. The Morgan fingerprint density at radius 3 is 2.92 bits per heavy atom. The average Bonchev–Trinajstić information content (AvgIpc) is 2.74. The van der Waals surface area contributed by atoms with Crippen LogP contribution in [0.2, 0.25) is 0 Å². The molecule has 1 saturated carbocycles. The van der Waals surface area contributed by atoms with Crippen molar-refractivity contribution >= 4 is 17.0 Å². The lowest BCUT2D eigenvalue weighted by atomic mass is 10.1. The van der Waals surface area contributed by atoms with E-state index >= 15 is 0 Å². The fourth-order valence-electron chi connectivity index (χ4n) is 1.84. The Hall–Kier alpha value is -0.500. The molecule has 1 aromatic heterocycles. The van der Waals surface area contributed by atoms with Crippen molar-refractivity contribution in [3.8, 4) is 0 Å². The van der Waals surface area contributed by atoms with E-state index in [0.717, 1.165) is 5.92 Å². The summed E-state index contributed by atoms with van der Waals surface area (Å²) in [5, 5.41) is 7.77. The van der Waals surface area contributed by atoms with Crippen molar-refractivity contribution in [3.05, 3.63) is 16.8 Å². The zero-order chi connectivity index (χ0) is 8.23. The second kappa shape index (κ2) is 3.94. The first-order valence-corrected chi connectivity index (χ1v) is 5.65. The zero-order valence-corrected chi connectivity index (χ0v) is 8.07. The molecule has 0 amide bonds. The van der Waals surface area contributed by atoms with Gasteiger partial charge < -0.3 is 5.32 Å². The van der Waals surface area contributed by atoms with Gasteiger partial charge in [0.2, 0.25) is 0 Å². The maximum absolute atomic E-state index is 3.48. The van der Waals surface area contributed by atoms with Gasteiger partial charge in [-0.1, -0.05) is 12.8 Å². The van der Waals surface area contributed by atoms with Crippen LogP contribution in [0.5, 0.6) is 0 Å². The molecule has 0 saturated heterocycles. The van der Waals surface area contributed by atoms with E-state index in [4.69, 9.17) is 0 Å². The molecule has 0 spiro atoms. The summed E-state index contributed by atoms with van der Waals surface area (Å²) in [4.78, 5) is 0. The monoisotopic (exact) mass is 181 g/mol. The molecule has 0 radical (unpaired) electrons. The average molecular weight is 181 g/mol. The fraction of sp³-hybridized carbons (Fsp3) is 0.600. The molecule has 0 bridgehead atoms. The molecule has 0 aromatic carbocycles. The normalized spacial score (nSPS) is 18.3. The minimum absolute atomic E-state index is 0.935. The fourth-order valence-corrected chi connectivity index (χ4v) is 2.45. The van der Waals surface area contributed by atoms with Gasteiger partial charge in [0, 0.05) is 17.6 Å². The van der Waals surface area contributed by atoms with Gasteiger partial charge in [-0.05, 0) is 30.2 Å². The molecule has 0 aliphatic heterocycles. The number of thiophene rings is 1. The number of hydrogen-bond acceptors (Lipinski definition) is 2. The topological polar surface area (TPSA) is 12.0 Å². The summed E-state index contributed by atoms with van der Waals surface area (Å²) in [6.07, 6.45) is 5.74. The molecule has 1 aliphatic carbocycles. The van der Waals surface area contributed by atoms with Crippen molar-refractivity contribution in [2.24, 2.45) is 5.92 Å². The molecule has 1 heterocycles. The Labute approximate surface area is 77.8 Å². The summed E-state index contributed by atoms with van der Waals surface area (Å²) in [5.74, 6) is 0.935. The molecule has 1 aliphatic rings. The number of nitrogens with one attached hydrogen (secondary N) is 1. The summed E-state index contributed by atoms with van der Waals surface area (Å²) in [5.41, 5.74) is 1.30. The molecule has 1 N–H and O–H groups in total. The van der Waals surface area contributed by atoms with Gasteiger partial charge in [0.25, 0.3) is 0 Å². The van der Waals surface area contributed by atoms with Gasteiger partial charge in [0.1, 0.15) is 0 Å². The molecular weight excluding hydrogens is 166 g/mol. The third-order valence-corrected chi connectivity index (χ3v) is 3.27. The maximum atomic E-state index is 3.48. The summed E-state index contributed by atoms with van der Waals surface area (Å²) in [6.45, 7) is 1.18. The SMILES string of the molecule is c1cc(NCC2CCCC2)cs1. The van der Waals surface area contributed by atoms with Crippen LogP contribution in [0, 0.1) is 5.92 Å². The zero-order valence-electron chi connectivity index (χ0n) is 7.25. The van der Waals surface area contributed by atoms with E-state index in [2.05, 4.69) is 22.1 Å². The smallest absolute Gasteiger partial charge is 0.0448 e. The van der Waals surface area contributed by atoms with Crippen LogP contribution in [0.1, 0.15) is 25.7 Å². The van der Waals surface area contributed by atoms with Crippen LogP contribution < -0.4 is 5.32 Å². The van der Waals surface area contributed by atoms with Crippen LogP contribution in [0.15, 0.2) is 16.8 Å². The van der Waals surface area contributed by atoms with Crippen molar-refractivity contribution < 1.29 is 0 Å². The molecule has 1 aromatic rings. The highest BCUT2D eigenvalue weighted by atomic mass is 32.1. The van der Waals surface area contributed by atoms with E-state index in [0.29, 0.717) is 0 Å². The van der Waals surface area contributed by atoms with Gasteiger partial charge in [-0.3, -0.25) is 0 Å². The highest BCUT2D eigenvalue weighted by Crippen LogP contribution is 2.25. The summed E-state index contributed by atoms with van der Waals surface area (Å²) >= 11 is 1.76. The van der Waals surface area contributed by atoms with E-state index in [-0.39, 0.29) is 0 Å². The second-order valence-corrected chi connectivity index (χ2v) is 4.32. The highest BCUT2D eigenvalue weighted by Gasteiger charge is 2.13. The van der Waals surface area contributed by atoms with Crippen LogP contribution in [-0.4, -0.2) is 6.54 Å². The molecule has 0 unspecified atom stereocenters. The van der Waals surface area contributed by atoms with E-state index < -0.39 is 0 Å². The van der Waals surface area contributed by atoms with Crippen molar-refractivity contribution in [2.75, 3.05) is 11.9 Å². The lowest BCUT2D eigenvalue weighted by Gasteiger charge is -2.09.